The molecule has 1 N–H and O–H groups in total. The van der Waals surface area contributed by atoms with E-state index in [0.717, 1.165) is 22.5 Å². The highest BCUT2D eigenvalue weighted by molar-refractivity contribution is 5.77. The van der Waals surface area contributed by atoms with Gasteiger partial charge in [-0.1, -0.05) is 0 Å². The maximum atomic E-state index is 7.28. The molecule has 0 radical (unpaired) electrons. The summed E-state index contributed by atoms with van der Waals surface area (Å²) >= 11 is 0. The topological polar surface area (TPSA) is 68.8 Å². The third kappa shape index (κ3) is 2.31. The Kier molecular flexibility index (Phi) is 3.62. The molecule has 1 aliphatic rings. The average molecular weight is 346 g/mol. The first-order valence-corrected chi connectivity index (χ1v) is 8.39. The van der Waals surface area contributed by atoms with E-state index in [1.165, 1.54) is 0 Å². The molecule has 0 unspecified atom stereocenters. The second-order valence-electron chi connectivity index (χ2n) is 6.71. The Balaban J connectivity index is 1.79. The quantitative estimate of drug-likeness (QED) is 0.738. The Bertz CT molecular complexity index is 1060. The Morgan fingerprint density at radius 2 is 2.15 bits per heavy atom. The molecule has 4 rings (SSSR count). The van der Waals surface area contributed by atoms with Gasteiger partial charge < -0.3 is 15.0 Å². The van der Waals surface area contributed by atoms with Crippen LogP contribution in [-0.4, -0.2) is 44.0 Å². The van der Waals surface area contributed by atoms with Gasteiger partial charge in [-0.15, -0.1) is 5.10 Å². The number of aryl methyl sites for hydroxylation is 1. The van der Waals surface area contributed by atoms with Crippen molar-refractivity contribution in [2.75, 3.05) is 18.9 Å². The first-order valence-electron chi connectivity index (χ1n) is 8.39. The highest BCUT2D eigenvalue weighted by Gasteiger charge is 2.53. The van der Waals surface area contributed by atoms with Crippen molar-refractivity contribution in [2.24, 2.45) is 0 Å². The monoisotopic (exact) mass is 346 g/mol. The lowest BCUT2D eigenvalue weighted by atomic mass is 9.73. The fourth-order valence-corrected chi connectivity index (χ4v) is 3.59. The van der Waals surface area contributed by atoms with Crippen LogP contribution in [0, 0.1) is 20.1 Å². The van der Waals surface area contributed by atoms with Crippen molar-refractivity contribution in [3.05, 3.63) is 53.1 Å². The van der Waals surface area contributed by atoms with Gasteiger partial charge in [-0.3, -0.25) is 4.68 Å². The molecule has 0 spiro atoms. The van der Waals surface area contributed by atoms with E-state index in [1.807, 2.05) is 34.5 Å². The average Bonchev–Trinajstić information content (AvgIpc) is 3.25. The highest BCUT2D eigenvalue weighted by atomic mass is 15.3. The molecular weight excluding hydrogens is 328 g/mol. The van der Waals surface area contributed by atoms with Gasteiger partial charge in [0, 0.05) is 24.5 Å². The molecule has 0 aromatic carbocycles. The summed E-state index contributed by atoms with van der Waals surface area (Å²) in [6.07, 6.45) is 5.06. The van der Waals surface area contributed by atoms with Crippen LogP contribution in [0.25, 0.3) is 26.5 Å². The lowest BCUT2D eigenvalue weighted by Crippen LogP contribution is -2.50. The summed E-state index contributed by atoms with van der Waals surface area (Å²) in [4.78, 5) is 11.8. The first kappa shape index (κ1) is 16.1. The molecule has 3 aromatic heterocycles. The van der Waals surface area contributed by atoms with Crippen LogP contribution >= 0.6 is 0 Å². The molecular formula is C18H18N8. The van der Waals surface area contributed by atoms with Crippen molar-refractivity contribution < 1.29 is 0 Å². The maximum Gasteiger partial charge on any atom is 0.241 e. The van der Waals surface area contributed by atoms with Gasteiger partial charge in [0.05, 0.1) is 24.6 Å². The molecule has 26 heavy (non-hydrogen) atoms. The lowest BCUT2D eigenvalue weighted by molar-refractivity contribution is 0.135. The summed E-state index contributed by atoms with van der Waals surface area (Å²) in [6, 6.07) is 3.98. The van der Waals surface area contributed by atoms with E-state index in [2.05, 4.69) is 30.2 Å². The molecule has 3 aromatic rings. The van der Waals surface area contributed by atoms with E-state index in [0.29, 0.717) is 25.3 Å². The molecule has 1 saturated carbocycles. The number of nitrogens with one attached hydrogen (secondary N) is 1. The van der Waals surface area contributed by atoms with Crippen molar-refractivity contribution in [1.29, 1.82) is 0 Å². The Labute approximate surface area is 151 Å². The minimum absolute atomic E-state index is 0.0145. The van der Waals surface area contributed by atoms with Crippen LogP contribution in [-0.2, 0) is 5.54 Å². The summed E-state index contributed by atoms with van der Waals surface area (Å²) in [6.45, 7) is 16.8. The van der Waals surface area contributed by atoms with E-state index in [-0.39, 0.29) is 11.6 Å². The predicted molar refractivity (Wildman–Crippen MR) is 97.6 cm³/mol. The smallest absolute Gasteiger partial charge is 0.241 e. The first-order chi connectivity index (χ1) is 12.6. The molecule has 0 aliphatic heterocycles. The van der Waals surface area contributed by atoms with Gasteiger partial charge in [-0.25, -0.2) is 22.6 Å². The third-order valence-corrected chi connectivity index (χ3v) is 5.05. The predicted octanol–water partition coefficient (Wildman–Crippen LogP) is 2.64. The highest BCUT2D eigenvalue weighted by Crippen LogP contribution is 2.42. The molecule has 3 heterocycles. The van der Waals surface area contributed by atoms with E-state index < -0.39 is 0 Å². The van der Waals surface area contributed by atoms with Gasteiger partial charge in [0.15, 0.2) is 0 Å². The molecule has 0 amide bonds. The molecule has 8 heteroatoms. The molecule has 130 valence electrons. The van der Waals surface area contributed by atoms with Crippen LogP contribution in [0.4, 0.5) is 5.95 Å². The molecule has 1 aliphatic carbocycles. The molecule has 8 nitrogen and oxygen atoms in total. The fourth-order valence-electron chi connectivity index (χ4n) is 3.59. The number of hydrogen-bond donors (Lipinski definition) is 1. The normalized spacial score (nSPS) is 21.8. The van der Waals surface area contributed by atoms with Gasteiger partial charge in [0.1, 0.15) is 11.2 Å². The van der Waals surface area contributed by atoms with Crippen LogP contribution in [0.3, 0.4) is 0 Å². The second-order valence-corrected chi connectivity index (χ2v) is 6.71. The zero-order valence-corrected chi connectivity index (χ0v) is 14.6. The van der Waals surface area contributed by atoms with E-state index in [4.69, 9.17) is 13.1 Å². The minimum Gasteiger partial charge on any atom is -0.356 e. The summed E-state index contributed by atoms with van der Waals surface area (Å²) in [5, 5.41) is 12.0. The summed E-state index contributed by atoms with van der Waals surface area (Å²) in [5.41, 5.74) is 3.23. The zero-order chi connectivity index (χ0) is 18.3. The van der Waals surface area contributed by atoms with Gasteiger partial charge in [-0.05, 0) is 19.1 Å². The number of hydrogen-bond acceptors (Lipinski definition) is 4. The van der Waals surface area contributed by atoms with Crippen molar-refractivity contribution in [1.82, 2.24) is 24.4 Å². The van der Waals surface area contributed by atoms with Crippen LogP contribution in [0.2, 0.25) is 0 Å². The number of nitrogens with zero attached hydrogens (tertiary/aromatic N) is 7. The molecule has 0 bridgehead atoms. The maximum absolute atomic E-state index is 7.28. The summed E-state index contributed by atoms with van der Waals surface area (Å²) in [7, 11) is 1.79. The van der Waals surface area contributed by atoms with E-state index >= 15 is 0 Å². The molecule has 0 saturated heterocycles. The number of fused-ring (bicyclic) bond motifs is 1. The van der Waals surface area contributed by atoms with E-state index in [1.54, 1.807) is 13.2 Å². The van der Waals surface area contributed by atoms with Gasteiger partial charge in [0.25, 0.3) is 0 Å². The fraction of sp³-hybridized carbons (Fsp3) is 0.389. The minimum atomic E-state index is -0.373. The summed E-state index contributed by atoms with van der Waals surface area (Å²) in [5.74, 6) is 0.534. The van der Waals surface area contributed by atoms with Gasteiger partial charge in [-0.2, -0.15) is 5.10 Å². The van der Waals surface area contributed by atoms with Crippen LogP contribution in [0.15, 0.2) is 24.5 Å². The lowest BCUT2D eigenvalue weighted by Gasteiger charge is -2.37. The van der Waals surface area contributed by atoms with Crippen LogP contribution < -0.4 is 5.32 Å². The van der Waals surface area contributed by atoms with Crippen LogP contribution in [0.5, 0.6) is 0 Å². The number of rotatable bonds is 4. The Hall–Kier alpha value is -3.39. The molecule has 1 fully saturated rings. The van der Waals surface area contributed by atoms with Crippen molar-refractivity contribution in [3.63, 3.8) is 0 Å². The van der Waals surface area contributed by atoms with Crippen LogP contribution in [0.1, 0.15) is 18.5 Å². The second kappa shape index (κ2) is 5.85. The van der Waals surface area contributed by atoms with Crippen molar-refractivity contribution in [3.8, 4) is 11.3 Å². The summed E-state index contributed by atoms with van der Waals surface area (Å²) < 4.78 is 3.72. The van der Waals surface area contributed by atoms with Crippen molar-refractivity contribution in [2.45, 2.75) is 31.3 Å². The Morgan fingerprint density at radius 3 is 2.85 bits per heavy atom. The van der Waals surface area contributed by atoms with Gasteiger partial charge in [0.2, 0.25) is 18.5 Å². The van der Waals surface area contributed by atoms with Crippen molar-refractivity contribution >= 4 is 11.5 Å². The molecule has 0 atom stereocenters. The van der Waals surface area contributed by atoms with E-state index in [9.17, 15) is 0 Å². The Morgan fingerprint density at radius 1 is 1.35 bits per heavy atom. The standard InChI is InChI=1S/C18H18N8/c1-12-5-6-15-16(23-17(21-4)24-26(12)15)13-9-22-25(10-13)18(11-19-2)7-14(8-18)20-3/h5-6,9-10,14H,7-8,11H2,1,4H3,(H,21,24). The number of anilines is 1. The third-order valence-electron chi connectivity index (χ3n) is 5.05. The van der Waals surface area contributed by atoms with Gasteiger partial charge >= 0.3 is 0 Å². The SMILES string of the molecule is [C-]#[N+]CC1(n2cc(-c3nc(NC)nn4c(C)ccc34)cn2)CC([N+]#[C-])C1. The zero-order valence-electron chi connectivity index (χ0n) is 14.6. The largest absolute Gasteiger partial charge is 0.356 e. The number of aromatic nitrogens is 5.